The van der Waals surface area contributed by atoms with Crippen molar-refractivity contribution in [1.82, 2.24) is 0 Å². The van der Waals surface area contributed by atoms with Gasteiger partial charge in [-0.15, -0.1) is 0 Å². The second kappa shape index (κ2) is 5.23. The average molecular weight is 296 g/mol. The molecule has 0 radical (unpaired) electrons. The molecule has 2 nitrogen and oxygen atoms in total. The monoisotopic (exact) mass is 295 g/mol. The molecular weight excluding hydrogens is 278 g/mol. The second-order valence-corrected chi connectivity index (χ2v) is 5.34. The van der Waals surface area contributed by atoms with Gasteiger partial charge < -0.3 is 10.5 Å². The van der Waals surface area contributed by atoms with E-state index >= 15 is 0 Å². The molecule has 0 saturated heterocycles. The average Bonchev–Trinajstić information content (AvgIpc) is 2.35. The van der Waals surface area contributed by atoms with Crippen LogP contribution in [0.25, 0.3) is 0 Å². The molecule has 1 aliphatic heterocycles. The smallest absolute Gasteiger partial charge is 0.113 e. The normalized spacial score (nSPS) is 17.3. The van der Waals surface area contributed by atoms with Gasteiger partial charge >= 0.3 is 0 Å². The van der Waals surface area contributed by atoms with Crippen LogP contribution in [-0.4, -0.2) is 6.61 Å². The van der Waals surface area contributed by atoms with E-state index in [1.165, 1.54) is 11.1 Å². The molecule has 0 saturated carbocycles. The number of hydrogen-bond donors (Lipinski definition) is 1. The van der Waals surface area contributed by atoms with E-state index in [4.69, 9.17) is 10.5 Å². The predicted molar refractivity (Wildman–Crippen MR) is 73.8 cm³/mol. The van der Waals surface area contributed by atoms with Gasteiger partial charge in [-0.1, -0.05) is 28.1 Å². The maximum Gasteiger partial charge on any atom is 0.113 e. The summed E-state index contributed by atoms with van der Waals surface area (Å²) in [6.45, 7) is 4.96. The molecule has 0 bridgehead atoms. The maximum atomic E-state index is 6.25. The van der Waals surface area contributed by atoms with Crippen molar-refractivity contribution in [3.8, 4) is 0 Å². The Kier molecular flexibility index (Phi) is 3.89. The topological polar surface area (TPSA) is 35.2 Å². The maximum absolute atomic E-state index is 6.25. The Morgan fingerprint density at radius 2 is 1.94 bits per heavy atom. The highest BCUT2D eigenvalue weighted by Gasteiger charge is 2.17. The summed E-state index contributed by atoms with van der Waals surface area (Å²) >= 11 is 3.57. The van der Waals surface area contributed by atoms with Crippen molar-refractivity contribution in [1.29, 1.82) is 0 Å². The molecular formula is C14H18BrNO. The number of allylic oxidation sites excluding steroid dienone is 1. The van der Waals surface area contributed by atoms with Crippen LogP contribution >= 0.6 is 15.9 Å². The number of rotatable bonds is 2. The SMILES string of the molecule is Cc1cc(C(N)C2=CCCCO2)cc(C)c1Br. The lowest BCUT2D eigenvalue weighted by molar-refractivity contribution is 0.176. The molecule has 0 spiro atoms. The Morgan fingerprint density at radius 1 is 1.29 bits per heavy atom. The van der Waals surface area contributed by atoms with E-state index in [-0.39, 0.29) is 6.04 Å². The minimum absolute atomic E-state index is 0.138. The van der Waals surface area contributed by atoms with E-state index in [0.29, 0.717) is 0 Å². The van der Waals surface area contributed by atoms with Crippen LogP contribution in [0.5, 0.6) is 0 Å². The summed E-state index contributed by atoms with van der Waals surface area (Å²) < 4.78 is 6.79. The van der Waals surface area contributed by atoms with Gasteiger partial charge in [0.25, 0.3) is 0 Å². The molecule has 0 aromatic heterocycles. The fourth-order valence-electron chi connectivity index (χ4n) is 2.12. The minimum Gasteiger partial charge on any atom is -0.496 e. The van der Waals surface area contributed by atoms with Crippen LogP contribution in [0.2, 0.25) is 0 Å². The zero-order valence-electron chi connectivity index (χ0n) is 10.3. The molecule has 2 rings (SSSR count). The highest BCUT2D eigenvalue weighted by molar-refractivity contribution is 9.10. The molecule has 1 aliphatic rings. The minimum atomic E-state index is -0.138. The van der Waals surface area contributed by atoms with Crippen molar-refractivity contribution >= 4 is 15.9 Å². The van der Waals surface area contributed by atoms with Gasteiger partial charge in [0, 0.05) is 4.47 Å². The zero-order chi connectivity index (χ0) is 12.4. The molecule has 1 aromatic carbocycles. The molecule has 0 aliphatic carbocycles. The van der Waals surface area contributed by atoms with Crippen LogP contribution in [0.15, 0.2) is 28.4 Å². The van der Waals surface area contributed by atoms with E-state index in [0.717, 1.165) is 35.2 Å². The Labute approximate surface area is 111 Å². The van der Waals surface area contributed by atoms with Crippen molar-refractivity contribution < 1.29 is 4.74 Å². The van der Waals surface area contributed by atoms with Crippen molar-refractivity contribution in [2.45, 2.75) is 32.7 Å². The summed E-state index contributed by atoms with van der Waals surface area (Å²) in [5, 5.41) is 0. The Morgan fingerprint density at radius 3 is 2.47 bits per heavy atom. The highest BCUT2D eigenvalue weighted by Crippen LogP contribution is 2.29. The van der Waals surface area contributed by atoms with Crippen molar-refractivity contribution in [3.63, 3.8) is 0 Å². The summed E-state index contributed by atoms with van der Waals surface area (Å²) in [7, 11) is 0. The van der Waals surface area contributed by atoms with Crippen LogP contribution < -0.4 is 5.73 Å². The Hall–Kier alpha value is -0.800. The molecule has 2 N–H and O–H groups in total. The summed E-state index contributed by atoms with van der Waals surface area (Å²) in [5.74, 6) is 0.914. The van der Waals surface area contributed by atoms with Crippen molar-refractivity contribution in [2.75, 3.05) is 6.61 Å². The van der Waals surface area contributed by atoms with Gasteiger partial charge in [-0.05, 0) is 49.5 Å². The fourth-order valence-corrected chi connectivity index (χ4v) is 2.35. The largest absolute Gasteiger partial charge is 0.496 e. The van der Waals surface area contributed by atoms with Gasteiger partial charge in [-0.25, -0.2) is 0 Å². The molecule has 92 valence electrons. The third kappa shape index (κ3) is 2.72. The lowest BCUT2D eigenvalue weighted by atomic mass is 9.99. The number of nitrogens with two attached hydrogens (primary N) is 1. The Bertz CT molecular complexity index is 431. The molecule has 0 amide bonds. The molecule has 1 unspecified atom stereocenters. The van der Waals surface area contributed by atoms with E-state index in [9.17, 15) is 0 Å². The second-order valence-electron chi connectivity index (χ2n) is 4.54. The first-order chi connectivity index (χ1) is 8.09. The number of ether oxygens (including phenoxy) is 1. The number of benzene rings is 1. The van der Waals surface area contributed by atoms with E-state index < -0.39 is 0 Å². The van der Waals surface area contributed by atoms with Gasteiger partial charge in [0.2, 0.25) is 0 Å². The van der Waals surface area contributed by atoms with Crippen LogP contribution in [-0.2, 0) is 4.74 Å². The third-order valence-corrected chi connectivity index (χ3v) is 4.34. The summed E-state index contributed by atoms with van der Waals surface area (Å²) in [4.78, 5) is 0. The lowest BCUT2D eigenvalue weighted by Crippen LogP contribution is -2.18. The van der Waals surface area contributed by atoms with Crippen molar-refractivity contribution in [3.05, 3.63) is 45.1 Å². The van der Waals surface area contributed by atoms with E-state index in [2.05, 4.69) is 48.0 Å². The molecule has 1 heterocycles. The molecule has 1 aromatic rings. The number of hydrogen-bond acceptors (Lipinski definition) is 2. The molecule has 1 atom stereocenters. The fraction of sp³-hybridized carbons (Fsp3) is 0.429. The van der Waals surface area contributed by atoms with Gasteiger partial charge in [-0.2, -0.15) is 0 Å². The van der Waals surface area contributed by atoms with Crippen LogP contribution in [0, 0.1) is 13.8 Å². The third-order valence-electron chi connectivity index (χ3n) is 3.09. The van der Waals surface area contributed by atoms with Gasteiger partial charge in [0.05, 0.1) is 12.6 Å². The summed E-state index contributed by atoms with van der Waals surface area (Å²) in [6, 6.07) is 4.11. The first-order valence-corrected chi connectivity index (χ1v) is 6.74. The van der Waals surface area contributed by atoms with Crippen LogP contribution in [0.1, 0.15) is 35.6 Å². The Balaban J connectivity index is 2.30. The number of halogens is 1. The zero-order valence-corrected chi connectivity index (χ0v) is 11.9. The van der Waals surface area contributed by atoms with Gasteiger partial charge in [0.1, 0.15) is 5.76 Å². The molecule has 0 fully saturated rings. The summed E-state index contributed by atoms with van der Waals surface area (Å²) in [5.41, 5.74) is 9.80. The first kappa shape index (κ1) is 12.7. The van der Waals surface area contributed by atoms with Crippen molar-refractivity contribution in [2.24, 2.45) is 5.73 Å². The number of aryl methyl sites for hydroxylation is 2. The molecule has 17 heavy (non-hydrogen) atoms. The van der Waals surface area contributed by atoms with Crippen LogP contribution in [0.4, 0.5) is 0 Å². The predicted octanol–water partition coefficient (Wildman–Crippen LogP) is 3.76. The molecule has 3 heteroatoms. The lowest BCUT2D eigenvalue weighted by Gasteiger charge is -2.22. The van der Waals surface area contributed by atoms with Crippen LogP contribution in [0.3, 0.4) is 0 Å². The standard InChI is InChI=1S/C14H18BrNO/c1-9-7-11(8-10(2)13(9)15)14(16)12-5-3-4-6-17-12/h5,7-8,14H,3-4,6,16H2,1-2H3. The van der Waals surface area contributed by atoms with E-state index in [1.54, 1.807) is 0 Å². The summed E-state index contributed by atoms with van der Waals surface area (Å²) in [6.07, 6.45) is 4.27. The highest BCUT2D eigenvalue weighted by atomic mass is 79.9. The van der Waals surface area contributed by atoms with Gasteiger partial charge in [0.15, 0.2) is 0 Å². The first-order valence-electron chi connectivity index (χ1n) is 5.94. The quantitative estimate of drug-likeness (QED) is 0.902. The van der Waals surface area contributed by atoms with E-state index in [1.807, 2.05) is 0 Å². The van der Waals surface area contributed by atoms with Gasteiger partial charge in [-0.3, -0.25) is 0 Å².